The summed E-state index contributed by atoms with van der Waals surface area (Å²) in [5.74, 6) is 0.749. The molecule has 0 bridgehead atoms. The molecule has 7 heteroatoms. The number of hydrogen-bond donors (Lipinski definition) is 1. The lowest BCUT2D eigenvalue weighted by molar-refractivity contribution is 0.102. The standard InChI is InChI=1S/C23H30N6O/c1-7-28(16(2)3)18-11-9-17(10-12-18)21(30)26-20-15-19(23(4,5)6)27-29(20)22-24-13-8-14-25-22/h8-16H,7H2,1-6H3,(H,26,30). The van der Waals surface area contributed by atoms with Gasteiger partial charge in [0.1, 0.15) is 5.82 Å². The number of nitrogens with zero attached hydrogens (tertiary/aromatic N) is 5. The Bertz CT molecular complexity index is 987. The maximum absolute atomic E-state index is 12.9. The molecule has 1 amide bonds. The maximum Gasteiger partial charge on any atom is 0.256 e. The summed E-state index contributed by atoms with van der Waals surface area (Å²) in [7, 11) is 0. The summed E-state index contributed by atoms with van der Waals surface area (Å²) in [5, 5.41) is 7.61. The Labute approximate surface area is 178 Å². The Morgan fingerprint density at radius 1 is 1.13 bits per heavy atom. The fourth-order valence-electron chi connectivity index (χ4n) is 3.23. The average molecular weight is 407 g/mol. The van der Waals surface area contributed by atoms with Gasteiger partial charge >= 0.3 is 0 Å². The SMILES string of the molecule is CCN(c1ccc(C(=O)Nc2cc(C(C)(C)C)nn2-c2ncccn2)cc1)C(C)C. The highest BCUT2D eigenvalue weighted by Crippen LogP contribution is 2.26. The van der Waals surface area contributed by atoms with Crippen molar-refractivity contribution in [3.63, 3.8) is 0 Å². The zero-order chi connectivity index (χ0) is 21.9. The van der Waals surface area contributed by atoms with Gasteiger partial charge in [0.25, 0.3) is 11.9 Å². The molecular weight excluding hydrogens is 376 g/mol. The molecule has 7 nitrogen and oxygen atoms in total. The van der Waals surface area contributed by atoms with E-state index in [4.69, 9.17) is 0 Å². The first-order valence-electron chi connectivity index (χ1n) is 10.3. The van der Waals surface area contributed by atoms with Crippen LogP contribution in [0.5, 0.6) is 0 Å². The molecule has 30 heavy (non-hydrogen) atoms. The number of aromatic nitrogens is 4. The summed E-state index contributed by atoms with van der Waals surface area (Å²) < 4.78 is 1.57. The molecule has 2 heterocycles. The van der Waals surface area contributed by atoms with Crippen molar-refractivity contribution in [3.8, 4) is 5.95 Å². The lowest BCUT2D eigenvalue weighted by atomic mass is 9.92. The fraction of sp³-hybridized carbons (Fsp3) is 0.391. The molecule has 0 saturated heterocycles. The van der Waals surface area contributed by atoms with Gasteiger partial charge in [-0.3, -0.25) is 4.79 Å². The minimum absolute atomic E-state index is 0.179. The predicted octanol–water partition coefficient (Wildman–Crippen LogP) is 4.45. The molecule has 3 rings (SSSR count). The predicted molar refractivity (Wildman–Crippen MR) is 120 cm³/mol. The van der Waals surface area contributed by atoms with Crippen LogP contribution in [0.2, 0.25) is 0 Å². The molecule has 0 atom stereocenters. The van der Waals surface area contributed by atoms with Crippen molar-refractivity contribution < 1.29 is 4.79 Å². The summed E-state index contributed by atoms with van der Waals surface area (Å²) in [4.78, 5) is 23.8. The van der Waals surface area contributed by atoms with Crippen LogP contribution in [-0.4, -0.2) is 38.2 Å². The Hall–Kier alpha value is -3.22. The van der Waals surface area contributed by atoms with Crippen LogP contribution in [0.15, 0.2) is 48.8 Å². The Balaban J connectivity index is 1.88. The van der Waals surface area contributed by atoms with Crippen LogP contribution in [0.4, 0.5) is 11.5 Å². The van der Waals surface area contributed by atoms with E-state index in [9.17, 15) is 4.79 Å². The Morgan fingerprint density at radius 2 is 1.77 bits per heavy atom. The van der Waals surface area contributed by atoms with Gasteiger partial charge in [-0.1, -0.05) is 20.8 Å². The summed E-state index contributed by atoms with van der Waals surface area (Å²) in [6, 6.07) is 11.7. The third-order valence-corrected chi connectivity index (χ3v) is 4.89. The molecule has 158 valence electrons. The zero-order valence-corrected chi connectivity index (χ0v) is 18.5. The molecule has 0 saturated carbocycles. The molecule has 1 aromatic carbocycles. The molecular formula is C23H30N6O. The highest BCUT2D eigenvalue weighted by atomic mass is 16.1. The first kappa shape index (κ1) is 21.5. The van der Waals surface area contributed by atoms with Gasteiger partial charge in [-0.15, -0.1) is 0 Å². The second-order valence-corrected chi connectivity index (χ2v) is 8.51. The average Bonchev–Trinajstić information content (AvgIpc) is 3.13. The highest BCUT2D eigenvalue weighted by Gasteiger charge is 2.22. The number of hydrogen-bond acceptors (Lipinski definition) is 5. The molecule has 0 fully saturated rings. The van der Waals surface area contributed by atoms with Gasteiger partial charge < -0.3 is 10.2 Å². The van der Waals surface area contributed by atoms with Crippen LogP contribution < -0.4 is 10.2 Å². The lowest BCUT2D eigenvalue weighted by Crippen LogP contribution is -2.30. The molecule has 0 spiro atoms. The number of carbonyl (C=O) groups excluding carboxylic acids is 1. The van der Waals surface area contributed by atoms with Crippen LogP contribution in [0.1, 0.15) is 57.6 Å². The van der Waals surface area contributed by atoms with Crippen LogP contribution >= 0.6 is 0 Å². The number of nitrogens with one attached hydrogen (secondary N) is 1. The minimum atomic E-state index is -0.202. The van der Waals surface area contributed by atoms with Gasteiger partial charge in [0.05, 0.1) is 5.69 Å². The van der Waals surface area contributed by atoms with E-state index >= 15 is 0 Å². The molecule has 1 N–H and O–H groups in total. The Morgan fingerprint density at radius 3 is 2.30 bits per heavy atom. The van der Waals surface area contributed by atoms with E-state index in [1.807, 2.05) is 30.3 Å². The molecule has 0 unspecified atom stereocenters. The van der Waals surface area contributed by atoms with E-state index < -0.39 is 0 Å². The van der Waals surface area contributed by atoms with E-state index in [0.29, 0.717) is 23.4 Å². The van der Waals surface area contributed by atoms with Gasteiger partial charge in [-0.05, 0) is 51.1 Å². The molecule has 2 aromatic heterocycles. The van der Waals surface area contributed by atoms with E-state index in [0.717, 1.165) is 17.9 Å². The smallest absolute Gasteiger partial charge is 0.256 e. The van der Waals surface area contributed by atoms with E-state index in [1.54, 1.807) is 23.1 Å². The second kappa shape index (κ2) is 8.65. The number of amides is 1. The van der Waals surface area contributed by atoms with Gasteiger partial charge in [0.15, 0.2) is 0 Å². The van der Waals surface area contributed by atoms with Crippen LogP contribution in [0.3, 0.4) is 0 Å². The normalized spacial score (nSPS) is 11.6. The molecule has 0 radical (unpaired) electrons. The van der Waals surface area contributed by atoms with Gasteiger partial charge in [-0.2, -0.15) is 9.78 Å². The van der Waals surface area contributed by atoms with Crippen LogP contribution in [0, 0.1) is 0 Å². The number of carbonyl (C=O) groups is 1. The van der Waals surface area contributed by atoms with Gasteiger partial charge in [0.2, 0.25) is 0 Å². The van der Waals surface area contributed by atoms with E-state index in [1.165, 1.54) is 0 Å². The molecule has 0 aliphatic rings. The van der Waals surface area contributed by atoms with Crippen molar-refractivity contribution in [2.75, 3.05) is 16.8 Å². The first-order valence-corrected chi connectivity index (χ1v) is 10.3. The van der Waals surface area contributed by atoms with Crippen molar-refractivity contribution in [3.05, 3.63) is 60.0 Å². The number of benzene rings is 1. The van der Waals surface area contributed by atoms with Crippen LogP contribution in [-0.2, 0) is 5.41 Å². The van der Waals surface area contributed by atoms with Crippen molar-refractivity contribution in [1.29, 1.82) is 0 Å². The first-order chi connectivity index (χ1) is 14.2. The van der Waals surface area contributed by atoms with Crippen LogP contribution in [0.25, 0.3) is 5.95 Å². The second-order valence-electron chi connectivity index (χ2n) is 8.51. The lowest BCUT2D eigenvalue weighted by Gasteiger charge is -2.27. The monoisotopic (exact) mass is 406 g/mol. The van der Waals surface area contributed by atoms with Crippen molar-refractivity contribution in [2.24, 2.45) is 0 Å². The number of rotatable bonds is 6. The molecule has 3 aromatic rings. The summed E-state index contributed by atoms with van der Waals surface area (Å²) in [6.07, 6.45) is 3.30. The van der Waals surface area contributed by atoms with Crippen molar-refractivity contribution in [2.45, 2.75) is 53.0 Å². The summed E-state index contributed by atoms with van der Waals surface area (Å²) in [6.45, 7) is 13.6. The van der Waals surface area contributed by atoms with Gasteiger partial charge in [-0.25, -0.2) is 9.97 Å². The third-order valence-electron chi connectivity index (χ3n) is 4.89. The summed E-state index contributed by atoms with van der Waals surface area (Å²) >= 11 is 0. The van der Waals surface area contributed by atoms with Gasteiger partial charge in [0, 0.05) is 47.7 Å². The maximum atomic E-state index is 12.9. The Kier molecular flexibility index (Phi) is 6.20. The molecule has 0 aliphatic heterocycles. The topological polar surface area (TPSA) is 75.9 Å². The fourth-order valence-corrected chi connectivity index (χ4v) is 3.23. The van der Waals surface area contributed by atoms with E-state index in [2.05, 4.69) is 66.8 Å². The largest absolute Gasteiger partial charge is 0.369 e. The highest BCUT2D eigenvalue weighted by molar-refractivity contribution is 6.04. The quantitative estimate of drug-likeness (QED) is 0.655. The summed E-state index contributed by atoms with van der Waals surface area (Å²) in [5.41, 5.74) is 2.34. The number of anilines is 2. The minimum Gasteiger partial charge on any atom is -0.369 e. The van der Waals surface area contributed by atoms with E-state index in [-0.39, 0.29) is 11.3 Å². The zero-order valence-electron chi connectivity index (χ0n) is 18.5. The third kappa shape index (κ3) is 4.67. The van der Waals surface area contributed by atoms with Crippen molar-refractivity contribution >= 4 is 17.4 Å². The van der Waals surface area contributed by atoms with Crippen molar-refractivity contribution in [1.82, 2.24) is 19.7 Å². The molecule has 0 aliphatic carbocycles.